The van der Waals surface area contributed by atoms with E-state index in [2.05, 4.69) is 10.6 Å². The van der Waals surface area contributed by atoms with Crippen LogP contribution in [0.4, 0.5) is 4.79 Å². The molecule has 17 heteroatoms. The highest BCUT2D eigenvalue weighted by Crippen LogP contribution is 2.49. The molecule has 1 saturated heterocycles. The number of sulfonamides is 1. The fourth-order valence-corrected chi connectivity index (χ4v) is 10.7. The highest BCUT2D eigenvalue weighted by atomic mass is 32.2. The number of esters is 1. The maximum atomic E-state index is 13.9. The van der Waals surface area contributed by atoms with E-state index in [-0.39, 0.29) is 61.7 Å². The summed E-state index contributed by atoms with van der Waals surface area (Å²) in [6.45, 7) is 7.89. The van der Waals surface area contributed by atoms with Crippen molar-refractivity contribution in [1.29, 1.82) is 0 Å². The van der Waals surface area contributed by atoms with E-state index in [1.54, 1.807) is 49.4 Å². The van der Waals surface area contributed by atoms with Crippen molar-refractivity contribution in [1.82, 2.24) is 14.9 Å². The molecule has 15 nitrogen and oxygen atoms in total. The molecule has 2 aliphatic rings. The Morgan fingerprint density at radius 3 is 2.32 bits per heavy atom. The molecule has 2 fully saturated rings. The predicted molar refractivity (Wildman–Crippen MR) is 225 cm³/mol. The van der Waals surface area contributed by atoms with Gasteiger partial charge in [0.05, 0.1) is 49.6 Å². The van der Waals surface area contributed by atoms with Crippen LogP contribution < -0.4 is 19.9 Å². The van der Waals surface area contributed by atoms with Gasteiger partial charge in [0.15, 0.2) is 6.10 Å². The SMILES string of the molecule is CCOC(=O)[C@H](C)OP(=O)(CCNCc1ccc(C[C@H](NC(=O)O[C@H]2CO[C@H]3CCC[C@H]32)[C@H](O)CN(CC(C)C)S(=O)(=O)c2ccc(OC)cc2)cc1)Oc1ccccc1. The van der Waals surface area contributed by atoms with Crippen molar-refractivity contribution in [2.24, 2.45) is 11.8 Å². The van der Waals surface area contributed by atoms with Crippen LogP contribution in [0.25, 0.3) is 0 Å². The predicted octanol–water partition coefficient (Wildman–Crippen LogP) is 5.94. The number of para-hydroxylation sites is 1. The van der Waals surface area contributed by atoms with Crippen LogP contribution in [-0.2, 0) is 51.1 Å². The summed E-state index contributed by atoms with van der Waals surface area (Å²) in [5.41, 5.74) is 1.67. The van der Waals surface area contributed by atoms with Crippen LogP contribution in [0.5, 0.6) is 11.5 Å². The Morgan fingerprint density at radius 1 is 0.950 bits per heavy atom. The maximum Gasteiger partial charge on any atom is 0.407 e. The first-order valence-electron chi connectivity index (χ1n) is 20.6. The van der Waals surface area contributed by atoms with Gasteiger partial charge in [-0.05, 0) is 86.6 Å². The molecule has 0 radical (unpaired) electrons. The molecular formula is C43H60N3O12PS. The summed E-state index contributed by atoms with van der Waals surface area (Å²) < 4.78 is 76.3. The first-order valence-corrected chi connectivity index (χ1v) is 23.7. The van der Waals surface area contributed by atoms with Crippen molar-refractivity contribution in [3.05, 3.63) is 90.0 Å². The third-order valence-corrected chi connectivity index (χ3v) is 14.2. The van der Waals surface area contributed by atoms with Gasteiger partial charge in [0.25, 0.3) is 0 Å². The lowest BCUT2D eigenvalue weighted by Gasteiger charge is -2.31. The molecule has 60 heavy (non-hydrogen) atoms. The lowest BCUT2D eigenvalue weighted by atomic mass is 10.00. The van der Waals surface area contributed by atoms with Crippen LogP contribution in [0.15, 0.2) is 83.8 Å². The molecule has 5 rings (SSSR count). The van der Waals surface area contributed by atoms with Crippen molar-refractivity contribution in [2.75, 3.05) is 46.1 Å². The molecule has 3 N–H and O–H groups in total. The van der Waals surface area contributed by atoms with Gasteiger partial charge in [0, 0.05) is 32.1 Å². The monoisotopic (exact) mass is 873 g/mol. The number of fused-ring (bicyclic) bond motifs is 1. The fourth-order valence-electron chi connectivity index (χ4n) is 7.37. The molecule has 0 spiro atoms. The van der Waals surface area contributed by atoms with E-state index >= 15 is 0 Å². The zero-order valence-corrected chi connectivity index (χ0v) is 36.8. The van der Waals surface area contributed by atoms with Crippen LogP contribution >= 0.6 is 7.60 Å². The number of hydrogen-bond acceptors (Lipinski definition) is 13. The minimum absolute atomic E-state index is 0.0263. The summed E-state index contributed by atoms with van der Waals surface area (Å²) in [6.07, 6.45) is -0.450. The van der Waals surface area contributed by atoms with E-state index < -0.39 is 54.0 Å². The topological polar surface area (TPSA) is 188 Å². The second kappa shape index (κ2) is 22.2. The lowest BCUT2D eigenvalue weighted by molar-refractivity contribution is -0.150. The smallest absolute Gasteiger partial charge is 0.407 e. The normalized spacial score (nSPS) is 20.2. The molecule has 1 aliphatic heterocycles. The average molecular weight is 874 g/mol. The largest absolute Gasteiger partial charge is 0.497 e. The highest BCUT2D eigenvalue weighted by molar-refractivity contribution is 7.89. The number of ether oxygens (including phenoxy) is 4. The number of methoxy groups -OCH3 is 1. The van der Waals surface area contributed by atoms with E-state index in [9.17, 15) is 27.7 Å². The number of benzene rings is 3. The number of hydrogen-bond donors (Lipinski definition) is 3. The van der Waals surface area contributed by atoms with Gasteiger partial charge in [0.1, 0.15) is 17.6 Å². The van der Waals surface area contributed by atoms with E-state index in [0.29, 0.717) is 24.7 Å². The van der Waals surface area contributed by atoms with Gasteiger partial charge in [0.2, 0.25) is 10.0 Å². The van der Waals surface area contributed by atoms with Gasteiger partial charge >= 0.3 is 19.7 Å². The Hall–Kier alpha value is -4.02. The van der Waals surface area contributed by atoms with Gasteiger partial charge in [-0.2, -0.15) is 4.31 Å². The number of nitrogens with one attached hydrogen (secondary N) is 2. The molecule has 1 amide bonds. The summed E-state index contributed by atoms with van der Waals surface area (Å²) in [5.74, 6) is 0.285. The number of alkyl carbamates (subject to hydrolysis) is 1. The molecule has 1 heterocycles. The first kappa shape index (κ1) is 47.0. The van der Waals surface area contributed by atoms with E-state index in [1.165, 1.54) is 30.5 Å². The van der Waals surface area contributed by atoms with Gasteiger partial charge in [-0.1, -0.05) is 62.7 Å². The molecule has 0 aromatic heterocycles. The summed E-state index contributed by atoms with van der Waals surface area (Å²) in [7, 11) is -6.33. The molecule has 330 valence electrons. The van der Waals surface area contributed by atoms with E-state index in [0.717, 1.165) is 30.4 Å². The van der Waals surface area contributed by atoms with Gasteiger partial charge in [-0.15, -0.1) is 0 Å². The first-order chi connectivity index (χ1) is 28.7. The number of carbonyl (C=O) groups excluding carboxylic acids is 2. The van der Waals surface area contributed by atoms with Crippen LogP contribution in [0.1, 0.15) is 58.1 Å². The summed E-state index contributed by atoms with van der Waals surface area (Å²) in [4.78, 5) is 25.7. The number of carbonyl (C=O) groups is 2. The lowest BCUT2D eigenvalue weighted by Crippen LogP contribution is -2.51. The van der Waals surface area contributed by atoms with Crippen LogP contribution in [0.2, 0.25) is 0 Å². The fraction of sp³-hybridized carbons (Fsp3) is 0.535. The molecule has 7 atom stereocenters. The Labute approximate surface area is 354 Å². The second-order valence-corrected chi connectivity index (χ2v) is 19.6. The third-order valence-electron chi connectivity index (χ3n) is 10.4. The van der Waals surface area contributed by atoms with E-state index in [4.69, 9.17) is 28.0 Å². The summed E-state index contributed by atoms with van der Waals surface area (Å²) in [5, 5.41) is 17.9. The molecule has 1 unspecified atom stereocenters. The Kier molecular flexibility index (Phi) is 17.4. The average Bonchev–Trinajstić information content (AvgIpc) is 3.85. The zero-order valence-electron chi connectivity index (χ0n) is 35.1. The van der Waals surface area contributed by atoms with Gasteiger partial charge in [-0.3, -0.25) is 4.52 Å². The molecular weight excluding hydrogens is 814 g/mol. The van der Waals surface area contributed by atoms with Gasteiger partial charge < -0.3 is 39.2 Å². The summed E-state index contributed by atoms with van der Waals surface area (Å²) in [6, 6.07) is 21.3. The number of nitrogens with zero attached hydrogens (tertiary/aromatic N) is 1. The number of amides is 1. The number of rotatable bonds is 23. The van der Waals surface area contributed by atoms with Crippen molar-refractivity contribution in [3.63, 3.8) is 0 Å². The summed E-state index contributed by atoms with van der Waals surface area (Å²) >= 11 is 0. The van der Waals surface area contributed by atoms with Crippen molar-refractivity contribution < 1.29 is 55.7 Å². The quantitative estimate of drug-likeness (QED) is 0.0578. The standard InChI is InChI=1S/C43H60N3O12PS/c1-6-54-42(48)31(4)57-59(50,58-35-11-8-7-9-12-35)24-23-44-26-33-17-15-32(16-18-33)25-38(45-43(49)56-41-29-55-40-14-10-13-37(40)41)39(47)28-46(27-30(2)3)60(51,52)36-21-19-34(53-5)20-22-36/h7-9,11-12,15-22,30-31,37-41,44,47H,6,10,13-14,23-29H2,1-5H3,(H,45,49)/t31-,37+,38-,39+,40-,41-,59?/m0/s1. The van der Waals surface area contributed by atoms with Crippen molar-refractivity contribution in [3.8, 4) is 11.5 Å². The molecule has 0 bridgehead atoms. The molecule has 1 aliphatic carbocycles. The second-order valence-electron chi connectivity index (χ2n) is 15.6. The zero-order chi connectivity index (χ0) is 43.3. The van der Waals surface area contributed by atoms with E-state index in [1.807, 2.05) is 38.1 Å². The van der Waals surface area contributed by atoms with Crippen LogP contribution in [-0.4, -0.2) is 106 Å². The van der Waals surface area contributed by atoms with Crippen LogP contribution in [0, 0.1) is 11.8 Å². The van der Waals surface area contributed by atoms with Crippen molar-refractivity contribution in [2.45, 2.75) is 95.3 Å². The Balaban J connectivity index is 1.25. The molecule has 1 saturated carbocycles. The Bertz CT molecular complexity index is 1970. The highest BCUT2D eigenvalue weighted by Gasteiger charge is 2.43. The van der Waals surface area contributed by atoms with Crippen LogP contribution in [0.3, 0.4) is 0 Å². The number of aliphatic hydroxyl groups is 1. The maximum absolute atomic E-state index is 13.9. The van der Waals surface area contributed by atoms with Crippen molar-refractivity contribution >= 4 is 29.7 Å². The number of aliphatic hydroxyl groups excluding tert-OH is 1. The van der Waals surface area contributed by atoms with Gasteiger partial charge in [-0.25, -0.2) is 22.6 Å². The minimum Gasteiger partial charge on any atom is -0.497 e. The third kappa shape index (κ3) is 13.5. The minimum atomic E-state index is -4.04. The molecule has 3 aromatic rings. The molecule has 3 aromatic carbocycles. The Morgan fingerprint density at radius 2 is 1.65 bits per heavy atom.